The Hall–Kier alpha value is -3.79. The molecule has 0 bridgehead atoms. The molecule has 0 aliphatic carbocycles. The summed E-state index contributed by atoms with van der Waals surface area (Å²) in [7, 11) is 0. The van der Waals surface area contributed by atoms with E-state index < -0.39 is 16.6 Å². The molecule has 0 spiro atoms. The van der Waals surface area contributed by atoms with Gasteiger partial charge in [0.1, 0.15) is 18.6 Å². The van der Waals surface area contributed by atoms with Crippen LogP contribution in [0.4, 0.5) is 10.2 Å². The van der Waals surface area contributed by atoms with Crippen molar-refractivity contribution in [2.75, 3.05) is 26.2 Å². The molecule has 4 rings (SSSR count). The first kappa shape index (κ1) is 22.4. The number of fused-ring (bicyclic) bond motifs is 1. The number of nitrogens with one attached hydrogen (secondary N) is 1. The number of ether oxygens (including phenoxy) is 1. The standard InChI is InChI=1S/C23H24FN5O4/c1-2-25-22(30)19-13-18(7-8-20(19)24)17-5-3-16(4-6-17)14-27-9-10-28-15-21(29(31)32)26-23(28)33-12-11-27/h3-8,13,15H,2,9-12,14H2,1H3,(H,25,30). The van der Waals surface area contributed by atoms with Gasteiger partial charge in [0.2, 0.25) is 0 Å². The van der Waals surface area contributed by atoms with Crippen molar-refractivity contribution in [2.24, 2.45) is 0 Å². The molecule has 0 saturated heterocycles. The number of nitro groups is 1. The Kier molecular flexibility index (Phi) is 6.64. The Balaban J connectivity index is 1.43. The lowest BCUT2D eigenvalue weighted by atomic mass is 10.0. The average molecular weight is 453 g/mol. The van der Waals surface area contributed by atoms with Gasteiger partial charge in [-0.3, -0.25) is 14.3 Å². The zero-order valence-corrected chi connectivity index (χ0v) is 18.2. The Labute approximate surface area is 190 Å². The van der Waals surface area contributed by atoms with E-state index in [-0.39, 0.29) is 17.4 Å². The molecule has 10 heteroatoms. The summed E-state index contributed by atoms with van der Waals surface area (Å²) in [5, 5.41) is 13.6. The van der Waals surface area contributed by atoms with Gasteiger partial charge in [0.15, 0.2) is 0 Å². The number of nitrogens with zero attached hydrogens (tertiary/aromatic N) is 4. The molecule has 9 nitrogen and oxygen atoms in total. The van der Waals surface area contributed by atoms with Crippen LogP contribution in [-0.2, 0) is 13.1 Å². The van der Waals surface area contributed by atoms with E-state index in [4.69, 9.17) is 4.74 Å². The molecule has 0 saturated carbocycles. The summed E-state index contributed by atoms with van der Waals surface area (Å²) in [5.74, 6) is -1.20. The number of carbonyl (C=O) groups excluding carboxylic acids is 1. The van der Waals surface area contributed by atoms with Crippen LogP contribution in [-0.4, -0.2) is 51.5 Å². The molecular weight excluding hydrogens is 429 g/mol. The lowest BCUT2D eigenvalue weighted by molar-refractivity contribution is -0.389. The first-order valence-corrected chi connectivity index (χ1v) is 10.7. The van der Waals surface area contributed by atoms with Crippen LogP contribution in [0.2, 0.25) is 0 Å². The molecule has 3 aromatic rings. The maximum Gasteiger partial charge on any atom is 0.414 e. The van der Waals surface area contributed by atoms with Crippen LogP contribution in [0.25, 0.3) is 11.1 Å². The van der Waals surface area contributed by atoms with E-state index in [0.29, 0.717) is 39.3 Å². The van der Waals surface area contributed by atoms with E-state index in [0.717, 1.165) is 16.7 Å². The summed E-state index contributed by atoms with van der Waals surface area (Å²) in [6, 6.07) is 12.7. The van der Waals surface area contributed by atoms with Crippen LogP contribution in [0.5, 0.6) is 6.01 Å². The van der Waals surface area contributed by atoms with Crippen molar-refractivity contribution in [1.29, 1.82) is 0 Å². The molecular formula is C23H24FN5O4. The number of amides is 1. The number of hydrogen-bond acceptors (Lipinski definition) is 6. The lowest BCUT2D eigenvalue weighted by Crippen LogP contribution is -2.33. The second-order valence-electron chi connectivity index (χ2n) is 7.71. The van der Waals surface area contributed by atoms with Gasteiger partial charge < -0.3 is 20.2 Å². The summed E-state index contributed by atoms with van der Waals surface area (Å²) < 4.78 is 21.3. The van der Waals surface area contributed by atoms with Gasteiger partial charge in [0, 0.05) is 37.7 Å². The van der Waals surface area contributed by atoms with Gasteiger partial charge in [-0.15, -0.1) is 0 Å². The SMILES string of the molecule is CCNC(=O)c1cc(-c2ccc(CN3CCOc4nc([N+](=O)[O-])cn4CC3)cc2)ccc1F. The van der Waals surface area contributed by atoms with E-state index >= 15 is 0 Å². The largest absolute Gasteiger partial charge is 0.444 e. The van der Waals surface area contributed by atoms with Gasteiger partial charge in [-0.25, -0.2) is 4.39 Å². The number of halogens is 1. The highest BCUT2D eigenvalue weighted by Gasteiger charge is 2.23. The quantitative estimate of drug-likeness (QED) is 0.454. The van der Waals surface area contributed by atoms with Crippen molar-refractivity contribution >= 4 is 11.7 Å². The molecule has 2 aromatic carbocycles. The van der Waals surface area contributed by atoms with Crippen molar-refractivity contribution in [1.82, 2.24) is 19.8 Å². The molecule has 1 aromatic heterocycles. The molecule has 2 heterocycles. The van der Waals surface area contributed by atoms with Crippen molar-refractivity contribution < 1.29 is 18.8 Å². The fourth-order valence-corrected chi connectivity index (χ4v) is 3.73. The Bertz CT molecular complexity index is 1160. The molecule has 0 radical (unpaired) electrons. The van der Waals surface area contributed by atoms with Crippen molar-refractivity contribution in [3.8, 4) is 17.1 Å². The molecule has 33 heavy (non-hydrogen) atoms. The number of carbonyl (C=O) groups is 1. The lowest BCUT2D eigenvalue weighted by Gasteiger charge is -2.24. The minimum absolute atomic E-state index is 0.0261. The number of imidazole rings is 1. The van der Waals surface area contributed by atoms with Gasteiger partial charge in [0.25, 0.3) is 5.91 Å². The van der Waals surface area contributed by atoms with Crippen LogP contribution in [0.1, 0.15) is 22.8 Å². The number of hydrogen-bond donors (Lipinski definition) is 1. The maximum atomic E-state index is 14.1. The van der Waals surface area contributed by atoms with Crippen LogP contribution in [0.3, 0.4) is 0 Å². The third-order valence-electron chi connectivity index (χ3n) is 5.45. The van der Waals surface area contributed by atoms with Crippen LogP contribution >= 0.6 is 0 Å². The molecule has 1 aliphatic heterocycles. The molecule has 0 unspecified atom stereocenters. The van der Waals surface area contributed by atoms with Gasteiger partial charge in [-0.05, 0) is 40.7 Å². The highest BCUT2D eigenvalue weighted by atomic mass is 19.1. The summed E-state index contributed by atoms with van der Waals surface area (Å²) >= 11 is 0. The minimum atomic E-state index is -0.549. The highest BCUT2D eigenvalue weighted by molar-refractivity contribution is 5.95. The first-order chi connectivity index (χ1) is 15.9. The number of rotatable bonds is 6. The molecule has 0 fully saturated rings. The van der Waals surface area contributed by atoms with Crippen LogP contribution in [0.15, 0.2) is 48.7 Å². The summed E-state index contributed by atoms with van der Waals surface area (Å²) in [6.07, 6.45) is 1.39. The smallest absolute Gasteiger partial charge is 0.414 e. The first-order valence-electron chi connectivity index (χ1n) is 10.7. The fourth-order valence-electron chi connectivity index (χ4n) is 3.73. The maximum absolute atomic E-state index is 14.1. The zero-order chi connectivity index (χ0) is 23.4. The summed E-state index contributed by atoms with van der Waals surface area (Å²) in [4.78, 5) is 28.6. The van der Waals surface area contributed by atoms with E-state index in [2.05, 4.69) is 15.2 Å². The third kappa shape index (κ3) is 5.17. The van der Waals surface area contributed by atoms with Gasteiger partial charge in [-0.2, -0.15) is 0 Å². The third-order valence-corrected chi connectivity index (χ3v) is 5.45. The molecule has 1 amide bonds. The van der Waals surface area contributed by atoms with E-state index in [1.165, 1.54) is 12.3 Å². The normalized spacial score (nSPS) is 14.0. The molecule has 172 valence electrons. The van der Waals surface area contributed by atoms with Crippen molar-refractivity contribution in [3.63, 3.8) is 0 Å². The summed E-state index contributed by atoms with van der Waals surface area (Å²) in [5.41, 5.74) is 2.76. The summed E-state index contributed by atoms with van der Waals surface area (Å²) in [6.45, 7) is 5.17. The van der Waals surface area contributed by atoms with Crippen molar-refractivity contribution in [2.45, 2.75) is 20.0 Å². The highest BCUT2D eigenvalue weighted by Crippen LogP contribution is 2.24. The minimum Gasteiger partial charge on any atom is -0.444 e. The van der Waals surface area contributed by atoms with Crippen LogP contribution in [0, 0.1) is 15.9 Å². The van der Waals surface area contributed by atoms with Crippen molar-refractivity contribution in [3.05, 3.63) is 75.7 Å². The van der Waals surface area contributed by atoms with E-state index in [1.54, 1.807) is 23.6 Å². The average Bonchev–Trinajstić information content (AvgIpc) is 3.19. The molecule has 1 aliphatic rings. The number of benzene rings is 2. The second-order valence-corrected chi connectivity index (χ2v) is 7.71. The Morgan fingerprint density at radius 1 is 1.18 bits per heavy atom. The van der Waals surface area contributed by atoms with Gasteiger partial charge in [-0.1, -0.05) is 30.3 Å². The molecule has 0 atom stereocenters. The number of aromatic nitrogens is 2. The Morgan fingerprint density at radius 3 is 2.67 bits per heavy atom. The van der Waals surface area contributed by atoms with E-state index in [1.807, 2.05) is 24.3 Å². The predicted molar refractivity (Wildman–Crippen MR) is 119 cm³/mol. The second kappa shape index (κ2) is 9.78. The topological polar surface area (TPSA) is 103 Å². The Morgan fingerprint density at radius 2 is 1.94 bits per heavy atom. The van der Waals surface area contributed by atoms with E-state index in [9.17, 15) is 19.3 Å². The van der Waals surface area contributed by atoms with Crippen LogP contribution < -0.4 is 10.1 Å². The zero-order valence-electron chi connectivity index (χ0n) is 18.2. The van der Waals surface area contributed by atoms with Gasteiger partial charge in [0.05, 0.1) is 5.56 Å². The fraction of sp³-hybridized carbons (Fsp3) is 0.304. The van der Waals surface area contributed by atoms with Gasteiger partial charge >= 0.3 is 11.8 Å². The monoisotopic (exact) mass is 453 g/mol. The predicted octanol–water partition coefficient (Wildman–Crippen LogP) is 3.24. The molecule has 1 N–H and O–H groups in total.